The van der Waals surface area contributed by atoms with Crippen LogP contribution in [0.25, 0.3) is 0 Å². The molecule has 0 bridgehead atoms. The van der Waals surface area contributed by atoms with E-state index in [9.17, 15) is 16.8 Å². The van der Waals surface area contributed by atoms with Crippen LogP contribution in [-0.4, -0.2) is 53.7 Å². The SMILES string of the molecule is CNCCCS(=O)(=O)NC1CCS(=O)(=O)CC1. The normalized spacial score (nSPS) is 21.5. The quantitative estimate of drug-likeness (QED) is 0.616. The summed E-state index contributed by atoms with van der Waals surface area (Å²) in [5.41, 5.74) is 0. The molecule has 2 N–H and O–H groups in total. The molecule has 0 spiro atoms. The van der Waals surface area contributed by atoms with E-state index >= 15 is 0 Å². The van der Waals surface area contributed by atoms with Crippen molar-refractivity contribution in [2.75, 3.05) is 30.9 Å². The first-order valence-corrected chi connectivity index (χ1v) is 9.17. The van der Waals surface area contributed by atoms with Crippen molar-refractivity contribution in [1.82, 2.24) is 10.0 Å². The molecule has 0 aromatic rings. The van der Waals surface area contributed by atoms with Crippen molar-refractivity contribution in [3.8, 4) is 0 Å². The molecule has 1 fully saturated rings. The Hall–Kier alpha value is -0.180. The summed E-state index contributed by atoms with van der Waals surface area (Å²) in [6.07, 6.45) is 1.32. The summed E-state index contributed by atoms with van der Waals surface area (Å²) >= 11 is 0. The number of hydrogen-bond acceptors (Lipinski definition) is 5. The van der Waals surface area contributed by atoms with Gasteiger partial charge in [-0.15, -0.1) is 0 Å². The van der Waals surface area contributed by atoms with Gasteiger partial charge in [-0.3, -0.25) is 0 Å². The highest BCUT2D eigenvalue weighted by Gasteiger charge is 2.26. The second-order valence-corrected chi connectivity index (χ2v) is 8.50. The van der Waals surface area contributed by atoms with Gasteiger partial charge in [-0.1, -0.05) is 0 Å². The fourth-order valence-corrected chi connectivity index (χ4v) is 4.64. The summed E-state index contributed by atoms with van der Waals surface area (Å²) in [6.45, 7) is 0.653. The average molecular weight is 284 g/mol. The van der Waals surface area contributed by atoms with Gasteiger partial charge < -0.3 is 5.32 Å². The minimum absolute atomic E-state index is 0.0801. The van der Waals surface area contributed by atoms with Crippen LogP contribution in [0.5, 0.6) is 0 Å². The van der Waals surface area contributed by atoms with E-state index in [0.29, 0.717) is 25.8 Å². The molecule has 0 radical (unpaired) electrons. The molecule has 8 heteroatoms. The van der Waals surface area contributed by atoms with Crippen molar-refractivity contribution in [3.63, 3.8) is 0 Å². The van der Waals surface area contributed by atoms with Crippen LogP contribution in [0.15, 0.2) is 0 Å². The zero-order chi connectivity index (χ0) is 12.9. The van der Waals surface area contributed by atoms with Crippen LogP contribution in [0.1, 0.15) is 19.3 Å². The van der Waals surface area contributed by atoms with Crippen molar-refractivity contribution in [3.05, 3.63) is 0 Å². The van der Waals surface area contributed by atoms with Crippen LogP contribution in [-0.2, 0) is 19.9 Å². The molecule has 0 amide bonds. The topological polar surface area (TPSA) is 92.3 Å². The molecule has 0 unspecified atom stereocenters. The van der Waals surface area contributed by atoms with E-state index in [1.165, 1.54) is 0 Å². The molecular weight excluding hydrogens is 264 g/mol. The van der Waals surface area contributed by atoms with Crippen molar-refractivity contribution in [1.29, 1.82) is 0 Å². The Bertz CT molecular complexity index is 416. The van der Waals surface area contributed by atoms with E-state index in [2.05, 4.69) is 10.0 Å². The fourth-order valence-electron chi connectivity index (χ4n) is 1.76. The molecular formula is C9H20N2O4S2. The molecule has 102 valence electrons. The maximum Gasteiger partial charge on any atom is 0.211 e. The zero-order valence-electron chi connectivity index (χ0n) is 9.98. The molecule has 1 rings (SSSR count). The van der Waals surface area contributed by atoms with Gasteiger partial charge in [0.2, 0.25) is 10.0 Å². The van der Waals surface area contributed by atoms with Gasteiger partial charge in [0.15, 0.2) is 0 Å². The van der Waals surface area contributed by atoms with Gasteiger partial charge in [-0.25, -0.2) is 21.6 Å². The van der Waals surface area contributed by atoms with E-state index in [0.717, 1.165) is 0 Å². The maximum absolute atomic E-state index is 11.6. The molecule has 17 heavy (non-hydrogen) atoms. The molecule has 0 atom stereocenters. The first-order chi connectivity index (χ1) is 7.85. The Morgan fingerprint density at radius 1 is 1.24 bits per heavy atom. The predicted octanol–water partition coefficient (Wildman–Crippen LogP) is -0.907. The van der Waals surface area contributed by atoms with Crippen LogP contribution < -0.4 is 10.0 Å². The Balaban J connectivity index is 2.39. The zero-order valence-corrected chi connectivity index (χ0v) is 11.6. The third-order valence-corrected chi connectivity index (χ3v) is 5.97. The lowest BCUT2D eigenvalue weighted by molar-refractivity contribution is 0.504. The highest BCUT2D eigenvalue weighted by molar-refractivity contribution is 7.91. The third-order valence-electron chi connectivity index (χ3n) is 2.74. The lowest BCUT2D eigenvalue weighted by Crippen LogP contribution is -2.42. The van der Waals surface area contributed by atoms with Gasteiger partial charge in [0, 0.05) is 6.04 Å². The lowest BCUT2D eigenvalue weighted by atomic mass is 10.2. The van der Waals surface area contributed by atoms with Crippen molar-refractivity contribution >= 4 is 19.9 Å². The largest absolute Gasteiger partial charge is 0.320 e. The van der Waals surface area contributed by atoms with Crippen LogP contribution in [0, 0.1) is 0 Å². The number of nitrogens with one attached hydrogen (secondary N) is 2. The van der Waals surface area contributed by atoms with Crippen LogP contribution in [0.2, 0.25) is 0 Å². The van der Waals surface area contributed by atoms with Crippen molar-refractivity contribution in [2.24, 2.45) is 0 Å². The average Bonchev–Trinajstić information content (AvgIpc) is 2.21. The monoisotopic (exact) mass is 284 g/mol. The molecule has 0 aliphatic carbocycles. The second-order valence-electron chi connectivity index (χ2n) is 4.32. The lowest BCUT2D eigenvalue weighted by Gasteiger charge is -2.22. The van der Waals surface area contributed by atoms with Crippen LogP contribution in [0.4, 0.5) is 0 Å². The Morgan fingerprint density at radius 3 is 2.35 bits per heavy atom. The molecule has 1 aliphatic rings. The fraction of sp³-hybridized carbons (Fsp3) is 1.00. The standard InChI is InChI=1S/C9H20N2O4S2/c1-10-5-2-6-17(14,15)11-9-3-7-16(12,13)8-4-9/h9-11H,2-8H2,1H3. The van der Waals surface area contributed by atoms with E-state index in [1.54, 1.807) is 7.05 Å². The van der Waals surface area contributed by atoms with E-state index in [1.807, 2.05) is 0 Å². The number of sulfone groups is 1. The molecule has 1 aliphatic heterocycles. The number of sulfonamides is 1. The summed E-state index contributed by atoms with van der Waals surface area (Å²) in [7, 11) is -4.44. The van der Waals surface area contributed by atoms with E-state index in [4.69, 9.17) is 0 Å². The number of hydrogen-bond donors (Lipinski definition) is 2. The third kappa shape index (κ3) is 5.80. The molecule has 0 saturated carbocycles. The Morgan fingerprint density at radius 2 is 1.82 bits per heavy atom. The maximum atomic E-state index is 11.6. The van der Waals surface area contributed by atoms with Gasteiger partial charge in [0.05, 0.1) is 17.3 Å². The minimum atomic E-state index is -3.28. The summed E-state index contributed by atoms with van der Waals surface area (Å²) in [4.78, 5) is 0. The number of rotatable bonds is 6. The molecule has 0 aromatic carbocycles. The van der Waals surface area contributed by atoms with Gasteiger partial charge >= 0.3 is 0 Å². The summed E-state index contributed by atoms with van der Waals surface area (Å²) in [5.74, 6) is 0.241. The smallest absolute Gasteiger partial charge is 0.211 e. The second kappa shape index (κ2) is 6.12. The first kappa shape index (κ1) is 14.9. The van der Waals surface area contributed by atoms with Crippen molar-refractivity contribution < 1.29 is 16.8 Å². The van der Waals surface area contributed by atoms with Gasteiger partial charge in [0.1, 0.15) is 9.84 Å². The van der Waals surface area contributed by atoms with Crippen molar-refractivity contribution in [2.45, 2.75) is 25.3 Å². The Labute approximate surface area is 103 Å². The van der Waals surface area contributed by atoms with Crippen LogP contribution in [0.3, 0.4) is 0 Å². The first-order valence-electron chi connectivity index (χ1n) is 5.70. The summed E-state index contributed by atoms with van der Waals surface area (Å²) in [5, 5.41) is 2.88. The van der Waals surface area contributed by atoms with Gasteiger partial charge in [-0.05, 0) is 32.9 Å². The highest BCUT2D eigenvalue weighted by Crippen LogP contribution is 2.13. The van der Waals surface area contributed by atoms with E-state index < -0.39 is 19.9 Å². The minimum Gasteiger partial charge on any atom is -0.320 e. The summed E-state index contributed by atoms with van der Waals surface area (Å²) < 4.78 is 48.2. The van der Waals surface area contributed by atoms with Gasteiger partial charge in [0.25, 0.3) is 0 Å². The van der Waals surface area contributed by atoms with Gasteiger partial charge in [-0.2, -0.15) is 0 Å². The molecule has 1 saturated heterocycles. The molecule has 6 nitrogen and oxygen atoms in total. The summed E-state index contributed by atoms with van der Waals surface area (Å²) in [6, 6.07) is -0.224. The molecule has 1 heterocycles. The molecule has 0 aromatic heterocycles. The Kier molecular flexibility index (Phi) is 5.36. The highest BCUT2D eigenvalue weighted by atomic mass is 32.2. The van der Waals surface area contributed by atoms with Crippen LogP contribution >= 0.6 is 0 Å². The van der Waals surface area contributed by atoms with E-state index in [-0.39, 0.29) is 23.3 Å². The predicted molar refractivity (Wildman–Crippen MR) is 67.1 cm³/mol.